The lowest BCUT2D eigenvalue weighted by Crippen LogP contribution is -2.20. The Morgan fingerprint density at radius 1 is 1.31 bits per heavy atom. The maximum Gasteiger partial charge on any atom is 0.225 e. The number of aromatic nitrogens is 2. The zero-order valence-electron chi connectivity index (χ0n) is 9.57. The summed E-state index contributed by atoms with van der Waals surface area (Å²) in [5.41, 5.74) is 5.60. The summed E-state index contributed by atoms with van der Waals surface area (Å²) in [7, 11) is 1.80. The fourth-order valence-electron chi connectivity index (χ4n) is 1.99. The third-order valence-electron chi connectivity index (χ3n) is 2.82. The molecule has 2 rings (SSSR count). The van der Waals surface area contributed by atoms with E-state index in [2.05, 4.69) is 15.3 Å². The van der Waals surface area contributed by atoms with Crippen molar-refractivity contribution in [1.82, 2.24) is 9.97 Å². The van der Waals surface area contributed by atoms with Crippen molar-refractivity contribution in [3.8, 4) is 5.88 Å². The number of nitrogens with two attached hydrogens (primary N) is 1. The van der Waals surface area contributed by atoms with Crippen LogP contribution in [0.15, 0.2) is 6.07 Å². The smallest absolute Gasteiger partial charge is 0.225 e. The van der Waals surface area contributed by atoms with Gasteiger partial charge in [-0.2, -0.15) is 9.97 Å². The van der Waals surface area contributed by atoms with Crippen LogP contribution in [0.5, 0.6) is 5.88 Å². The fourth-order valence-corrected chi connectivity index (χ4v) is 1.99. The van der Waals surface area contributed by atoms with Gasteiger partial charge in [-0.25, -0.2) is 0 Å². The van der Waals surface area contributed by atoms with Gasteiger partial charge in [0.1, 0.15) is 11.9 Å². The van der Waals surface area contributed by atoms with Crippen LogP contribution in [0, 0.1) is 0 Å². The summed E-state index contributed by atoms with van der Waals surface area (Å²) in [4.78, 5) is 8.10. The SMILES string of the molecule is CNc1cc(OC2CCCCC2)nc(N)n1. The maximum absolute atomic E-state index is 5.81. The molecule has 0 saturated heterocycles. The molecule has 0 unspecified atom stereocenters. The van der Waals surface area contributed by atoms with Crippen molar-refractivity contribution >= 4 is 11.8 Å². The highest BCUT2D eigenvalue weighted by Crippen LogP contribution is 2.23. The normalized spacial score (nSPS) is 17.1. The number of nitrogens with zero attached hydrogens (tertiary/aromatic N) is 2. The molecule has 0 radical (unpaired) electrons. The van der Waals surface area contributed by atoms with Gasteiger partial charge >= 0.3 is 0 Å². The van der Waals surface area contributed by atoms with Crippen LogP contribution < -0.4 is 15.8 Å². The van der Waals surface area contributed by atoms with Gasteiger partial charge in [0.25, 0.3) is 0 Å². The van der Waals surface area contributed by atoms with Crippen molar-refractivity contribution < 1.29 is 4.74 Å². The molecule has 0 bridgehead atoms. The summed E-state index contributed by atoms with van der Waals surface area (Å²) in [6, 6.07) is 1.78. The Morgan fingerprint density at radius 2 is 2.06 bits per heavy atom. The van der Waals surface area contributed by atoms with Gasteiger partial charge in [-0.15, -0.1) is 0 Å². The number of nitrogens with one attached hydrogen (secondary N) is 1. The van der Waals surface area contributed by atoms with E-state index in [0.717, 1.165) is 12.8 Å². The second-order valence-corrected chi connectivity index (χ2v) is 4.08. The van der Waals surface area contributed by atoms with Gasteiger partial charge in [-0.1, -0.05) is 6.42 Å². The van der Waals surface area contributed by atoms with Crippen LogP contribution in [0.4, 0.5) is 11.8 Å². The maximum atomic E-state index is 5.81. The zero-order chi connectivity index (χ0) is 11.4. The molecule has 16 heavy (non-hydrogen) atoms. The second-order valence-electron chi connectivity index (χ2n) is 4.08. The number of rotatable bonds is 3. The summed E-state index contributed by atoms with van der Waals surface area (Å²) < 4.78 is 5.81. The molecule has 1 aliphatic carbocycles. The zero-order valence-corrected chi connectivity index (χ0v) is 9.57. The van der Waals surface area contributed by atoms with Crippen LogP contribution in [0.25, 0.3) is 0 Å². The minimum atomic E-state index is 0.248. The van der Waals surface area contributed by atoms with E-state index in [1.807, 2.05) is 0 Å². The number of ether oxygens (including phenoxy) is 1. The minimum absolute atomic E-state index is 0.248. The van der Waals surface area contributed by atoms with Crippen molar-refractivity contribution in [2.45, 2.75) is 38.2 Å². The molecule has 3 N–H and O–H groups in total. The number of nitrogen functional groups attached to an aromatic ring is 1. The van der Waals surface area contributed by atoms with Crippen molar-refractivity contribution in [3.63, 3.8) is 0 Å². The Labute approximate surface area is 95.4 Å². The third kappa shape index (κ3) is 2.74. The van der Waals surface area contributed by atoms with Crippen molar-refractivity contribution in [1.29, 1.82) is 0 Å². The predicted molar refractivity (Wildman–Crippen MR) is 63.5 cm³/mol. The minimum Gasteiger partial charge on any atom is -0.474 e. The molecule has 1 aromatic rings. The van der Waals surface area contributed by atoms with E-state index in [1.165, 1.54) is 19.3 Å². The van der Waals surface area contributed by atoms with E-state index in [9.17, 15) is 0 Å². The Bertz CT molecular complexity index is 350. The average molecular weight is 222 g/mol. The highest BCUT2D eigenvalue weighted by atomic mass is 16.5. The molecule has 0 aliphatic heterocycles. The molecule has 1 aromatic heterocycles. The van der Waals surface area contributed by atoms with Crippen LogP contribution in [-0.4, -0.2) is 23.1 Å². The van der Waals surface area contributed by atoms with Gasteiger partial charge in [0.2, 0.25) is 11.8 Å². The lowest BCUT2D eigenvalue weighted by Gasteiger charge is -2.22. The molecule has 5 heteroatoms. The molecule has 1 heterocycles. The van der Waals surface area contributed by atoms with Crippen LogP contribution in [0.1, 0.15) is 32.1 Å². The first-order chi connectivity index (χ1) is 7.78. The molecule has 1 fully saturated rings. The fraction of sp³-hybridized carbons (Fsp3) is 0.636. The largest absolute Gasteiger partial charge is 0.474 e. The summed E-state index contributed by atoms with van der Waals surface area (Å²) in [6.07, 6.45) is 6.30. The first-order valence-electron chi connectivity index (χ1n) is 5.77. The topological polar surface area (TPSA) is 73.1 Å². The van der Waals surface area contributed by atoms with Crippen molar-refractivity contribution in [3.05, 3.63) is 6.07 Å². The number of anilines is 2. The molecule has 5 nitrogen and oxygen atoms in total. The highest BCUT2D eigenvalue weighted by molar-refractivity contribution is 5.42. The lowest BCUT2D eigenvalue weighted by atomic mass is 9.98. The molecule has 1 aliphatic rings. The molecule has 0 amide bonds. The quantitative estimate of drug-likeness (QED) is 0.816. The van der Waals surface area contributed by atoms with Crippen LogP contribution in [0.2, 0.25) is 0 Å². The van der Waals surface area contributed by atoms with Gasteiger partial charge in [-0.05, 0) is 25.7 Å². The molecule has 0 aromatic carbocycles. The Balaban J connectivity index is 2.04. The summed E-state index contributed by atoms with van der Waals surface area (Å²) in [5, 5.41) is 2.93. The third-order valence-corrected chi connectivity index (χ3v) is 2.82. The van der Waals surface area contributed by atoms with Crippen LogP contribution in [-0.2, 0) is 0 Å². The van der Waals surface area contributed by atoms with E-state index in [0.29, 0.717) is 11.7 Å². The number of hydrogen-bond acceptors (Lipinski definition) is 5. The van der Waals surface area contributed by atoms with E-state index in [-0.39, 0.29) is 12.1 Å². The van der Waals surface area contributed by atoms with Crippen molar-refractivity contribution in [2.75, 3.05) is 18.1 Å². The molecule has 0 spiro atoms. The molecular weight excluding hydrogens is 204 g/mol. The van der Waals surface area contributed by atoms with Gasteiger partial charge in [0.15, 0.2) is 0 Å². The molecule has 88 valence electrons. The van der Waals surface area contributed by atoms with Gasteiger partial charge < -0.3 is 15.8 Å². The van der Waals surface area contributed by atoms with Crippen LogP contribution >= 0.6 is 0 Å². The lowest BCUT2D eigenvalue weighted by molar-refractivity contribution is 0.149. The first kappa shape index (κ1) is 11.0. The molecule has 1 saturated carbocycles. The molecular formula is C11H18N4O. The van der Waals surface area contributed by atoms with E-state index in [1.54, 1.807) is 13.1 Å². The predicted octanol–water partition coefficient (Wildman–Crippen LogP) is 1.81. The molecule has 0 atom stereocenters. The number of hydrogen-bond donors (Lipinski definition) is 2. The summed E-state index contributed by atoms with van der Waals surface area (Å²) >= 11 is 0. The van der Waals surface area contributed by atoms with E-state index >= 15 is 0 Å². The Morgan fingerprint density at radius 3 is 2.75 bits per heavy atom. The van der Waals surface area contributed by atoms with Gasteiger partial charge in [-0.3, -0.25) is 0 Å². The highest BCUT2D eigenvalue weighted by Gasteiger charge is 2.16. The van der Waals surface area contributed by atoms with Gasteiger partial charge in [0.05, 0.1) is 0 Å². The van der Waals surface area contributed by atoms with E-state index in [4.69, 9.17) is 10.5 Å². The van der Waals surface area contributed by atoms with Gasteiger partial charge in [0, 0.05) is 13.1 Å². The standard InChI is InChI=1S/C11H18N4O/c1-13-9-7-10(15-11(12)14-9)16-8-5-3-2-4-6-8/h7-8H,2-6H2,1H3,(H3,12,13,14,15). The second kappa shape index (κ2) is 5.01. The first-order valence-corrected chi connectivity index (χ1v) is 5.77. The Kier molecular flexibility index (Phi) is 3.44. The Hall–Kier alpha value is -1.52. The van der Waals surface area contributed by atoms with Crippen LogP contribution in [0.3, 0.4) is 0 Å². The average Bonchev–Trinajstić information content (AvgIpc) is 2.29. The summed E-state index contributed by atoms with van der Waals surface area (Å²) in [5.74, 6) is 1.51. The summed E-state index contributed by atoms with van der Waals surface area (Å²) in [6.45, 7) is 0. The monoisotopic (exact) mass is 222 g/mol. The van der Waals surface area contributed by atoms with Crippen molar-refractivity contribution in [2.24, 2.45) is 0 Å². The van der Waals surface area contributed by atoms with E-state index < -0.39 is 0 Å².